The van der Waals surface area contributed by atoms with Crippen LogP contribution in [-0.4, -0.2) is 37.5 Å². The van der Waals surface area contributed by atoms with Crippen LogP contribution in [0.15, 0.2) is 0 Å². The van der Waals surface area contributed by atoms with Crippen molar-refractivity contribution in [1.82, 2.24) is 0 Å². The van der Waals surface area contributed by atoms with Gasteiger partial charge in [-0.25, -0.2) is 8.42 Å². The second kappa shape index (κ2) is 3.51. The molecule has 0 spiro atoms. The second-order valence-corrected chi connectivity index (χ2v) is 5.88. The molecule has 0 radical (unpaired) electrons. The summed E-state index contributed by atoms with van der Waals surface area (Å²) in [7, 11) is -3.22. The molecule has 1 saturated carbocycles. The number of carbonyl (C=O) groups excluding carboxylic acids is 1. The Hall–Kier alpha value is -0.620. The van der Waals surface area contributed by atoms with Gasteiger partial charge in [-0.15, -0.1) is 0 Å². The fourth-order valence-corrected chi connectivity index (χ4v) is 3.05. The van der Waals surface area contributed by atoms with E-state index in [1.807, 2.05) is 0 Å². The van der Waals surface area contributed by atoms with Crippen molar-refractivity contribution in [2.45, 2.75) is 31.1 Å². The first-order chi connectivity index (χ1) is 6.38. The highest BCUT2D eigenvalue weighted by atomic mass is 32.2. The SMILES string of the molecule is CCOC(=O)[C@]1(N)C[C@@H]1S(=O)(=O)CC. The van der Waals surface area contributed by atoms with Gasteiger partial charge in [0, 0.05) is 5.75 Å². The molecule has 0 saturated heterocycles. The first-order valence-electron chi connectivity index (χ1n) is 4.56. The Morgan fingerprint density at radius 2 is 2.14 bits per heavy atom. The Kier molecular flexibility index (Phi) is 2.87. The number of sulfone groups is 1. The van der Waals surface area contributed by atoms with Gasteiger partial charge in [-0.3, -0.25) is 4.79 Å². The average molecular weight is 221 g/mol. The fraction of sp³-hybridized carbons (Fsp3) is 0.875. The van der Waals surface area contributed by atoms with Crippen LogP contribution in [0, 0.1) is 0 Å². The number of hydrogen-bond acceptors (Lipinski definition) is 5. The summed E-state index contributed by atoms with van der Waals surface area (Å²) in [6.07, 6.45) is 0.183. The summed E-state index contributed by atoms with van der Waals surface area (Å²) < 4.78 is 27.5. The lowest BCUT2D eigenvalue weighted by Crippen LogP contribution is -2.40. The number of carbonyl (C=O) groups is 1. The largest absolute Gasteiger partial charge is 0.465 e. The zero-order valence-corrected chi connectivity index (χ0v) is 9.13. The van der Waals surface area contributed by atoms with Crippen molar-refractivity contribution >= 4 is 15.8 Å². The molecule has 0 aromatic carbocycles. The zero-order chi connectivity index (χ0) is 11.0. The summed E-state index contributed by atoms with van der Waals surface area (Å²) in [6.45, 7) is 3.42. The van der Waals surface area contributed by atoms with Crippen molar-refractivity contribution in [3.63, 3.8) is 0 Å². The van der Waals surface area contributed by atoms with Gasteiger partial charge in [0.25, 0.3) is 0 Å². The summed E-state index contributed by atoms with van der Waals surface area (Å²) in [4.78, 5) is 11.3. The first-order valence-corrected chi connectivity index (χ1v) is 6.27. The van der Waals surface area contributed by atoms with Crippen LogP contribution < -0.4 is 5.73 Å². The Morgan fingerprint density at radius 1 is 1.57 bits per heavy atom. The maximum absolute atomic E-state index is 11.4. The van der Waals surface area contributed by atoms with Crippen LogP contribution in [0.25, 0.3) is 0 Å². The van der Waals surface area contributed by atoms with Gasteiger partial charge in [-0.1, -0.05) is 6.92 Å². The van der Waals surface area contributed by atoms with E-state index < -0.39 is 26.6 Å². The van der Waals surface area contributed by atoms with Crippen molar-refractivity contribution in [2.75, 3.05) is 12.4 Å². The molecule has 0 aliphatic heterocycles. The van der Waals surface area contributed by atoms with Crippen LogP contribution in [0.2, 0.25) is 0 Å². The minimum absolute atomic E-state index is 0.00994. The Labute approximate surface area is 83.5 Å². The van der Waals surface area contributed by atoms with Crippen LogP contribution >= 0.6 is 0 Å². The van der Waals surface area contributed by atoms with Crippen molar-refractivity contribution in [1.29, 1.82) is 0 Å². The minimum atomic E-state index is -3.22. The number of hydrogen-bond donors (Lipinski definition) is 1. The number of nitrogens with two attached hydrogens (primary N) is 1. The van der Waals surface area contributed by atoms with Gasteiger partial charge in [0.1, 0.15) is 5.54 Å². The van der Waals surface area contributed by atoms with Crippen molar-refractivity contribution in [3.05, 3.63) is 0 Å². The molecular formula is C8H15NO4S. The van der Waals surface area contributed by atoms with Crippen LogP contribution in [-0.2, 0) is 19.4 Å². The van der Waals surface area contributed by atoms with Crippen molar-refractivity contribution in [3.8, 4) is 0 Å². The lowest BCUT2D eigenvalue weighted by Gasteiger charge is -2.09. The highest BCUT2D eigenvalue weighted by molar-refractivity contribution is 7.92. The molecule has 6 heteroatoms. The maximum atomic E-state index is 11.4. The topological polar surface area (TPSA) is 86.5 Å². The summed E-state index contributed by atoms with van der Waals surface area (Å²) in [5.74, 6) is -0.599. The van der Waals surface area contributed by atoms with E-state index in [0.29, 0.717) is 0 Å². The molecule has 0 aromatic rings. The molecule has 82 valence electrons. The molecule has 1 rings (SSSR count). The van der Waals surface area contributed by atoms with Gasteiger partial charge in [0.2, 0.25) is 0 Å². The predicted octanol–water partition coefficient (Wildman–Crippen LogP) is -0.546. The third-order valence-corrected chi connectivity index (χ3v) is 4.69. The van der Waals surface area contributed by atoms with E-state index in [4.69, 9.17) is 10.5 Å². The summed E-state index contributed by atoms with van der Waals surface area (Å²) in [5.41, 5.74) is 4.34. The number of esters is 1. The van der Waals surface area contributed by atoms with Gasteiger partial charge >= 0.3 is 5.97 Å². The standard InChI is InChI=1S/C8H15NO4S/c1-3-13-7(10)8(9)5-6(8)14(11,12)4-2/h6H,3-5,9H2,1-2H3/t6-,8-/m0/s1. The van der Waals surface area contributed by atoms with Crippen LogP contribution in [0.3, 0.4) is 0 Å². The molecule has 0 bridgehead atoms. The molecule has 1 fully saturated rings. The van der Waals surface area contributed by atoms with E-state index in [1.165, 1.54) is 0 Å². The van der Waals surface area contributed by atoms with Gasteiger partial charge in [-0.2, -0.15) is 0 Å². The molecule has 5 nitrogen and oxygen atoms in total. The molecule has 0 heterocycles. The average Bonchev–Trinajstić information content (AvgIpc) is 2.81. The molecule has 0 aromatic heterocycles. The Balaban J connectivity index is 2.72. The number of ether oxygens (including phenoxy) is 1. The summed E-state index contributed by atoms with van der Waals surface area (Å²) >= 11 is 0. The Bertz CT molecular complexity index is 337. The molecule has 0 unspecified atom stereocenters. The van der Waals surface area contributed by atoms with Crippen LogP contribution in [0.4, 0.5) is 0 Å². The number of rotatable bonds is 4. The van der Waals surface area contributed by atoms with E-state index in [0.717, 1.165) is 0 Å². The van der Waals surface area contributed by atoms with E-state index in [2.05, 4.69) is 0 Å². The Morgan fingerprint density at radius 3 is 2.57 bits per heavy atom. The highest BCUT2D eigenvalue weighted by Crippen LogP contribution is 2.40. The van der Waals surface area contributed by atoms with Gasteiger partial charge in [0.05, 0.1) is 11.9 Å². The lowest BCUT2D eigenvalue weighted by molar-refractivity contribution is -0.145. The summed E-state index contributed by atoms with van der Waals surface area (Å²) in [5, 5.41) is -0.751. The van der Waals surface area contributed by atoms with E-state index in [9.17, 15) is 13.2 Å². The molecule has 2 N–H and O–H groups in total. The van der Waals surface area contributed by atoms with Gasteiger partial charge in [-0.05, 0) is 13.3 Å². The van der Waals surface area contributed by atoms with Gasteiger partial charge < -0.3 is 10.5 Å². The molecule has 0 amide bonds. The third kappa shape index (κ3) is 1.76. The third-order valence-electron chi connectivity index (χ3n) is 2.43. The molecule has 14 heavy (non-hydrogen) atoms. The quantitative estimate of drug-likeness (QED) is 0.644. The zero-order valence-electron chi connectivity index (χ0n) is 8.32. The van der Waals surface area contributed by atoms with Crippen LogP contribution in [0.1, 0.15) is 20.3 Å². The lowest BCUT2D eigenvalue weighted by atomic mass is 10.3. The van der Waals surface area contributed by atoms with Crippen molar-refractivity contribution < 1.29 is 17.9 Å². The maximum Gasteiger partial charge on any atom is 0.327 e. The first kappa shape index (κ1) is 11.5. The molecular weight excluding hydrogens is 206 g/mol. The molecule has 2 atom stereocenters. The highest BCUT2D eigenvalue weighted by Gasteiger charge is 2.64. The monoisotopic (exact) mass is 221 g/mol. The fourth-order valence-electron chi connectivity index (χ4n) is 1.38. The second-order valence-electron chi connectivity index (χ2n) is 3.41. The molecule has 1 aliphatic carbocycles. The van der Waals surface area contributed by atoms with Crippen molar-refractivity contribution in [2.24, 2.45) is 5.73 Å². The normalized spacial score (nSPS) is 31.2. The van der Waals surface area contributed by atoms with E-state index in [1.54, 1.807) is 13.8 Å². The van der Waals surface area contributed by atoms with Gasteiger partial charge in [0.15, 0.2) is 9.84 Å². The minimum Gasteiger partial charge on any atom is -0.465 e. The molecule has 1 aliphatic rings. The predicted molar refractivity (Wildman–Crippen MR) is 51.4 cm³/mol. The smallest absolute Gasteiger partial charge is 0.327 e. The van der Waals surface area contributed by atoms with E-state index >= 15 is 0 Å². The van der Waals surface area contributed by atoms with Crippen LogP contribution in [0.5, 0.6) is 0 Å². The summed E-state index contributed by atoms with van der Waals surface area (Å²) in [6, 6.07) is 0. The van der Waals surface area contributed by atoms with E-state index in [-0.39, 0.29) is 18.8 Å².